The number of rotatable bonds is 3. The van der Waals surface area contributed by atoms with Crippen molar-refractivity contribution in [3.63, 3.8) is 0 Å². The Hall–Kier alpha value is -2.75. The van der Waals surface area contributed by atoms with Crippen molar-refractivity contribution >= 4 is 33.9 Å². The number of ether oxygens (including phenoxy) is 1. The molecule has 0 saturated heterocycles. The third-order valence-electron chi connectivity index (χ3n) is 3.67. The van der Waals surface area contributed by atoms with E-state index >= 15 is 0 Å². The second-order valence-electron chi connectivity index (χ2n) is 4.86. The van der Waals surface area contributed by atoms with Crippen molar-refractivity contribution in [1.29, 1.82) is 0 Å². The summed E-state index contributed by atoms with van der Waals surface area (Å²) in [5.41, 5.74) is 2.94. The van der Waals surface area contributed by atoms with Crippen LogP contribution in [0.5, 0.6) is 5.75 Å². The molecule has 0 saturated carbocycles. The van der Waals surface area contributed by atoms with Crippen LogP contribution in [0, 0.1) is 0 Å². The number of hydrogen-bond acceptors (Lipinski definition) is 2. The molecule has 0 fully saturated rings. The number of benzene rings is 2. The normalized spacial score (nSPS) is 11.5. The highest BCUT2D eigenvalue weighted by Crippen LogP contribution is 2.33. The lowest BCUT2D eigenvalue weighted by molar-refractivity contribution is -0.131. The molecule has 0 bridgehead atoms. The minimum absolute atomic E-state index is 0.658. The predicted octanol–water partition coefficient (Wildman–Crippen LogP) is 3.44. The van der Waals surface area contributed by atoms with Crippen molar-refractivity contribution in [2.45, 2.75) is 0 Å². The maximum absolute atomic E-state index is 10.7. The Labute approximate surface area is 121 Å². The zero-order valence-electron chi connectivity index (χ0n) is 11.8. The van der Waals surface area contributed by atoms with Crippen LogP contribution in [0.25, 0.3) is 27.9 Å². The molecule has 0 amide bonds. The van der Waals surface area contributed by atoms with E-state index in [0.717, 1.165) is 33.4 Å². The van der Waals surface area contributed by atoms with Crippen LogP contribution in [0.2, 0.25) is 0 Å². The summed E-state index contributed by atoms with van der Waals surface area (Å²) in [5.74, 6) is -0.319. The molecular formula is C17H15NO3. The Balaban J connectivity index is 2.35. The van der Waals surface area contributed by atoms with Gasteiger partial charge >= 0.3 is 5.97 Å². The van der Waals surface area contributed by atoms with Gasteiger partial charge in [0.05, 0.1) is 12.6 Å². The molecule has 0 aliphatic carbocycles. The molecule has 0 unspecified atom stereocenters. The quantitative estimate of drug-likeness (QED) is 0.748. The highest BCUT2D eigenvalue weighted by molar-refractivity contribution is 6.09. The van der Waals surface area contributed by atoms with E-state index in [9.17, 15) is 4.79 Å². The van der Waals surface area contributed by atoms with Crippen LogP contribution in [0.1, 0.15) is 5.56 Å². The number of hydrogen-bond donors (Lipinski definition) is 1. The van der Waals surface area contributed by atoms with Gasteiger partial charge in [0.15, 0.2) is 0 Å². The largest absolute Gasteiger partial charge is 0.496 e. The summed E-state index contributed by atoms with van der Waals surface area (Å²) in [6.45, 7) is 0. The molecule has 106 valence electrons. The second-order valence-corrected chi connectivity index (χ2v) is 4.86. The average molecular weight is 281 g/mol. The van der Waals surface area contributed by atoms with Gasteiger partial charge in [-0.3, -0.25) is 0 Å². The highest BCUT2D eigenvalue weighted by atomic mass is 16.5. The van der Waals surface area contributed by atoms with Crippen molar-refractivity contribution in [3.05, 3.63) is 48.0 Å². The first-order valence-electron chi connectivity index (χ1n) is 6.58. The zero-order valence-corrected chi connectivity index (χ0v) is 11.8. The van der Waals surface area contributed by atoms with Gasteiger partial charge in [0.1, 0.15) is 5.75 Å². The van der Waals surface area contributed by atoms with Gasteiger partial charge in [0.2, 0.25) is 0 Å². The number of nitrogens with zero attached hydrogens (tertiary/aromatic N) is 1. The minimum Gasteiger partial charge on any atom is -0.496 e. The lowest BCUT2D eigenvalue weighted by Gasteiger charge is -2.06. The standard InChI is InChI=1S/C17H15NO3/c1-18-14-6-4-3-5-12(14)13-9-11(7-8-17(19)20)16(21-2)10-15(13)18/h3-10H,1-2H3,(H,19,20)/b8-7+. The number of carbonyl (C=O) groups is 1. The third kappa shape index (κ3) is 2.14. The molecule has 4 nitrogen and oxygen atoms in total. The molecule has 4 heteroatoms. The van der Waals surface area contributed by atoms with E-state index in [0.29, 0.717) is 5.75 Å². The Morgan fingerprint density at radius 1 is 1.19 bits per heavy atom. The van der Waals surface area contributed by atoms with Gasteiger partial charge in [0, 0.05) is 41.0 Å². The number of carboxylic acids is 1. The first-order chi connectivity index (χ1) is 10.1. The number of aromatic nitrogens is 1. The maximum Gasteiger partial charge on any atom is 0.328 e. The lowest BCUT2D eigenvalue weighted by atomic mass is 10.1. The van der Waals surface area contributed by atoms with Gasteiger partial charge in [0.25, 0.3) is 0 Å². The topological polar surface area (TPSA) is 51.5 Å². The number of aliphatic carboxylic acids is 1. The van der Waals surface area contributed by atoms with Gasteiger partial charge in [-0.25, -0.2) is 4.79 Å². The summed E-state index contributed by atoms with van der Waals surface area (Å²) in [6.07, 6.45) is 2.68. The number of carboxylic acid groups (broad SMARTS) is 1. The minimum atomic E-state index is -0.977. The first kappa shape index (κ1) is 13.2. The van der Waals surface area contributed by atoms with Crippen molar-refractivity contribution in [3.8, 4) is 5.75 Å². The van der Waals surface area contributed by atoms with Gasteiger partial charge < -0.3 is 14.4 Å². The van der Waals surface area contributed by atoms with Crippen LogP contribution >= 0.6 is 0 Å². The average Bonchev–Trinajstić information content (AvgIpc) is 2.77. The third-order valence-corrected chi connectivity index (χ3v) is 3.67. The van der Waals surface area contributed by atoms with Gasteiger partial charge in [-0.2, -0.15) is 0 Å². The fraction of sp³-hybridized carbons (Fsp3) is 0.118. The first-order valence-corrected chi connectivity index (χ1v) is 6.58. The van der Waals surface area contributed by atoms with E-state index in [1.165, 1.54) is 0 Å². The van der Waals surface area contributed by atoms with E-state index in [2.05, 4.69) is 16.7 Å². The summed E-state index contributed by atoms with van der Waals surface area (Å²) < 4.78 is 7.49. The summed E-state index contributed by atoms with van der Waals surface area (Å²) in [5, 5.41) is 11.0. The van der Waals surface area contributed by atoms with E-state index in [1.807, 2.05) is 31.3 Å². The Kier molecular flexibility index (Phi) is 3.14. The summed E-state index contributed by atoms with van der Waals surface area (Å²) in [7, 11) is 3.60. The Bertz CT molecular complexity index is 874. The smallest absolute Gasteiger partial charge is 0.328 e. The molecule has 3 aromatic rings. The molecule has 0 aliphatic rings. The molecule has 0 atom stereocenters. The Morgan fingerprint density at radius 2 is 1.95 bits per heavy atom. The van der Waals surface area contributed by atoms with Crippen molar-refractivity contribution in [1.82, 2.24) is 4.57 Å². The van der Waals surface area contributed by atoms with E-state index in [1.54, 1.807) is 13.2 Å². The van der Waals surface area contributed by atoms with Crippen LogP contribution < -0.4 is 4.74 Å². The van der Waals surface area contributed by atoms with E-state index in [-0.39, 0.29) is 0 Å². The van der Waals surface area contributed by atoms with Crippen LogP contribution in [-0.2, 0) is 11.8 Å². The number of methoxy groups -OCH3 is 1. The molecule has 1 heterocycles. The Morgan fingerprint density at radius 3 is 2.67 bits per heavy atom. The van der Waals surface area contributed by atoms with Gasteiger partial charge in [-0.15, -0.1) is 0 Å². The van der Waals surface area contributed by atoms with Crippen LogP contribution in [0.15, 0.2) is 42.5 Å². The van der Waals surface area contributed by atoms with Crippen LogP contribution in [-0.4, -0.2) is 22.8 Å². The SMILES string of the molecule is COc1cc2c(cc1/C=C/C(=O)O)c1ccccc1n2C. The molecule has 2 aromatic carbocycles. The summed E-state index contributed by atoms with van der Waals surface area (Å²) in [6, 6.07) is 12.0. The maximum atomic E-state index is 10.7. The molecule has 1 N–H and O–H groups in total. The molecule has 3 rings (SSSR count). The van der Waals surface area contributed by atoms with E-state index < -0.39 is 5.97 Å². The van der Waals surface area contributed by atoms with Crippen molar-refractivity contribution < 1.29 is 14.6 Å². The van der Waals surface area contributed by atoms with Crippen molar-refractivity contribution in [2.75, 3.05) is 7.11 Å². The monoisotopic (exact) mass is 281 g/mol. The highest BCUT2D eigenvalue weighted by Gasteiger charge is 2.11. The van der Waals surface area contributed by atoms with Crippen LogP contribution in [0.4, 0.5) is 0 Å². The molecule has 21 heavy (non-hydrogen) atoms. The zero-order chi connectivity index (χ0) is 15.0. The number of para-hydroxylation sites is 1. The van der Waals surface area contributed by atoms with Crippen LogP contribution in [0.3, 0.4) is 0 Å². The fourth-order valence-electron chi connectivity index (χ4n) is 2.67. The molecule has 0 radical (unpaired) electrons. The number of fused-ring (bicyclic) bond motifs is 3. The molecule has 0 spiro atoms. The molecule has 1 aromatic heterocycles. The fourth-order valence-corrected chi connectivity index (χ4v) is 2.67. The summed E-state index contributed by atoms with van der Waals surface area (Å²) >= 11 is 0. The van der Waals surface area contributed by atoms with Gasteiger partial charge in [-0.1, -0.05) is 18.2 Å². The number of aryl methyl sites for hydroxylation is 1. The second kappa shape index (κ2) is 4.98. The molecular weight excluding hydrogens is 266 g/mol. The van der Waals surface area contributed by atoms with Gasteiger partial charge in [-0.05, 0) is 18.2 Å². The summed E-state index contributed by atoms with van der Waals surface area (Å²) in [4.78, 5) is 10.7. The van der Waals surface area contributed by atoms with E-state index in [4.69, 9.17) is 9.84 Å². The predicted molar refractivity (Wildman–Crippen MR) is 83.6 cm³/mol. The van der Waals surface area contributed by atoms with Crippen molar-refractivity contribution in [2.24, 2.45) is 7.05 Å². The molecule has 0 aliphatic heterocycles. The lowest BCUT2D eigenvalue weighted by Crippen LogP contribution is -1.91.